The number of aromatic carboxylic acids is 1. The van der Waals surface area contributed by atoms with Crippen molar-refractivity contribution in [1.29, 1.82) is 0 Å². The number of hydrogen-bond acceptors (Lipinski definition) is 5. The number of carbonyl (C=O) groups excluding carboxylic acids is 1. The Bertz CT molecular complexity index is 1020. The number of ketones is 1. The summed E-state index contributed by atoms with van der Waals surface area (Å²) < 4.78 is 27.7. The standard InChI is InChI=1S/C21H24N2O5S/c1-14-9-11-23(12-10-14)20-8-5-17(13-19(20)21(25)26)22-29(27,28)18-6-3-16(4-7-18)15(2)24/h3-8,13-14,22H,9-12H2,1-2H3,(H,25,26). The van der Waals surface area contributed by atoms with Gasteiger partial charge >= 0.3 is 5.97 Å². The molecular formula is C21H24N2O5S. The Morgan fingerprint density at radius 2 is 1.69 bits per heavy atom. The van der Waals surface area contributed by atoms with E-state index in [-0.39, 0.29) is 21.9 Å². The van der Waals surface area contributed by atoms with Gasteiger partial charge in [-0.2, -0.15) is 0 Å². The lowest BCUT2D eigenvalue weighted by Crippen LogP contribution is -2.33. The van der Waals surface area contributed by atoms with Crippen molar-refractivity contribution in [3.05, 3.63) is 53.6 Å². The second-order valence-electron chi connectivity index (χ2n) is 7.39. The Hall–Kier alpha value is -2.87. The molecule has 1 saturated heterocycles. The van der Waals surface area contributed by atoms with Crippen molar-refractivity contribution in [3.8, 4) is 0 Å². The Morgan fingerprint density at radius 1 is 1.07 bits per heavy atom. The third-order valence-electron chi connectivity index (χ3n) is 5.17. The van der Waals surface area contributed by atoms with Gasteiger partial charge in [0.05, 0.1) is 16.1 Å². The van der Waals surface area contributed by atoms with Crippen LogP contribution in [0.1, 0.15) is 47.4 Å². The fourth-order valence-corrected chi connectivity index (χ4v) is 4.43. The van der Waals surface area contributed by atoms with E-state index in [9.17, 15) is 23.1 Å². The minimum absolute atomic E-state index is 0.00605. The Morgan fingerprint density at radius 3 is 2.24 bits per heavy atom. The molecule has 1 aliphatic rings. The molecule has 3 rings (SSSR count). The topological polar surface area (TPSA) is 104 Å². The fraction of sp³-hybridized carbons (Fsp3) is 0.333. The number of hydrogen-bond donors (Lipinski definition) is 2. The van der Waals surface area contributed by atoms with E-state index in [0.717, 1.165) is 25.9 Å². The maximum Gasteiger partial charge on any atom is 0.337 e. The number of Topliss-reactive ketones (excluding diaryl/α,β-unsaturated/α-hetero) is 1. The number of carbonyl (C=O) groups is 2. The zero-order chi connectivity index (χ0) is 21.2. The van der Waals surface area contributed by atoms with Crippen LogP contribution in [0.3, 0.4) is 0 Å². The molecule has 0 bridgehead atoms. The van der Waals surface area contributed by atoms with Gasteiger partial charge in [-0.3, -0.25) is 9.52 Å². The number of benzene rings is 2. The van der Waals surface area contributed by atoms with Crippen LogP contribution in [-0.4, -0.2) is 38.4 Å². The average Bonchev–Trinajstić information content (AvgIpc) is 2.68. The maximum absolute atomic E-state index is 12.6. The largest absolute Gasteiger partial charge is 0.478 e. The van der Waals surface area contributed by atoms with Crippen molar-refractivity contribution < 1.29 is 23.1 Å². The van der Waals surface area contributed by atoms with E-state index in [0.29, 0.717) is 17.2 Å². The summed E-state index contributed by atoms with van der Waals surface area (Å²) in [4.78, 5) is 25.2. The average molecular weight is 416 g/mol. The van der Waals surface area contributed by atoms with Gasteiger partial charge in [-0.1, -0.05) is 19.1 Å². The third kappa shape index (κ3) is 4.76. The van der Waals surface area contributed by atoms with E-state index < -0.39 is 16.0 Å². The van der Waals surface area contributed by atoms with E-state index in [1.54, 1.807) is 12.1 Å². The van der Waals surface area contributed by atoms with Gasteiger partial charge in [0, 0.05) is 24.3 Å². The third-order valence-corrected chi connectivity index (χ3v) is 6.57. The summed E-state index contributed by atoms with van der Waals surface area (Å²) in [5, 5.41) is 9.63. The summed E-state index contributed by atoms with van der Waals surface area (Å²) in [5.74, 6) is -0.652. The van der Waals surface area contributed by atoms with Crippen molar-refractivity contribution in [2.75, 3.05) is 22.7 Å². The zero-order valence-corrected chi connectivity index (χ0v) is 17.2. The molecule has 0 radical (unpaired) electrons. The van der Waals surface area contributed by atoms with E-state index >= 15 is 0 Å². The number of carboxylic acids is 1. The molecular weight excluding hydrogens is 392 g/mol. The summed E-state index contributed by atoms with van der Waals surface area (Å²) in [6.45, 7) is 5.13. The van der Waals surface area contributed by atoms with E-state index in [1.165, 1.54) is 37.3 Å². The summed E-state index contributed by atoms with van der Waals surface area (Å²) in [6.07, 6.45) is 1.98. The lowest BCUT2D eigenvalue weighted by atomic mass is 9.98. The van der Waals surface area contributed by atoms with Crippen LogP contribution in [0.25, 0.3) is 0 Å². The molecule has 1 aliphatic heterocycles. The van der Waals surface area contributed by atoms with Gasteiger partial charge in [0.25, 0.3) is 10.0 Å². The normalized spacial score (nSPS) is 15.2. The highest BCUT2D eigenvalue weighted by atomic mass is 32.2. The highest BCUT2D eigenvalue weighted by Crippen LogP contribution is 2.29. The molecule has 7 nitrogen and oxygen atoms in total. The zero-order valence-electron chi connectivity index (χ0n) is 16.4. The number of anilines is 2. The molecule has 8 heteroatoms. The predicted octanol–water partition coefficient (Wildman–Crippen LogP) is 3.62. The minimum atomic E-state index is -3.91. The number of piperidine rings is 1. The smallest absolute Gasteiger partial charge is 0.337 e. The molecule has 0 atom stereocenters. The van der Waals surface area contributed by atoms with E-state index in [4.69, 9.17) is 0 Å². The Labute approximate surface area is 170 Å². The first kappa shape index (κ1) is 20.9. The van der Waals surface area contributed by atoms with Crippen LogP contribution in [0, 0.1) is 5.92 Å². The van der Waals surface area contributed by atoms with Crippen LogP contribution in [0.5, 0.6) is 0 Å². The van der Waals surface area contributed by atoms with Crippen molar-refractivity contribution >= 4 is 33.2 Å². The first-order valence-corrected chi connectivity index (χ1v) is 10.9. The minimum Gasteiger partial charge on any atom is -0.478 e. The molecule has 0 aromatic heterocycles. The number of carboxylic acid groups (broad SMARTS) is 1. The molecule has 0 aliphatic carbocycles. The highest BCUT2D eigenvalue weighted by molar-refractivity contribution is 7.92. The lowest BCUT2D eigenvalue weighted by Gasteiger charge is -2.33. The van der Waals surface area contributed by atoms with Gasteiger partial charge in [-0.15, -0.1) is 0 Å². The molecule has 2 aromatic rings. The quantitative estimate of drug-likeness (QED) is 0.697. The van der Waals surface area contributed by atoms with Crippen LogP contribution in [0.2, 0.25) is 0 Å². The van der Waals surface area contributed by atoms with Gasteiger partial charge in [0.2, 0.25) is 0 Å². The number of nitrogens with one attached hydrogen (secondary N) is 1. The second kappa shape index (κ2) is 8.24. The lowest BCUT2D eigenvalue weighted by molar-refractivity contribution is 0.0697. The van der Waals surface area contributed by atoms with Gasteiger partial charge in [-0.05, 0) is 56.0 Å². The van der Waals surface area contributed by atoms with Crippen LogP contribution in [0.15, 0.2) is 47.4 Å². The van der Waals surface area contributed by atoms with Gasteiger partial charge < -0.3 is 10.0 Å². The summed E-state index contributed by atoms with van der Waals surface area (Å²) >= 11 is 0. The van der Waals surface area contributed by atoms with Crippen molar-refractivity contribution in [1.82, 2.24) is 0 Å². The maximum atomic E-state index is 12.6. The van der Waals surface area contributed by atoms with Gasteiger partial charge in [0.15, 0.2) is 5.78 Å². The van der Waals surface area contributed by atoms with Crippen molar-refractivity contribution in [2.45, 2.75) is 31.6 Å². The number of nitrogens with zero attached hydrogens (tertiary/aromatic N) is 1. The first-order chi connectivity index (χ1) is 13.7. The molecule has 29 heavy (non-hydrogen) atoms. The van der Waals surface area contributed by atoms with Crippen LogP contribution in [-0.2, 0) is 10.0 Å². The predicted molar refractivity (Wildman–Crippen MR) is 111 cm³/mol. The summed E-state index contributed by atoms with van der Waals surface area (Å²) in [6, 6.07) is 10.1. The van der Waals surface area contributed by atoms with E-state index in [2.05, 4.69) is 11.6 Å². The molecule has 0 unspecified atom stereocenters. The molecule has 0 spiro atoms. The number of rotatable bonds is 6. The van der Waals surface area contributed by atoms with Crippen molar-refractivity contribution in [2.24, 2.45) is 5.92 Å². The van der Waals surface area contributed by atoms with Gasteiger partial charge in [0.1, 0.15) is 0 Å². The monoisotopic (exact) mass is 416 g/mol. The molecule has 154 valence electrons. The highest BCUT2D eigenvalue weighted by Gasteiger charge is 2.22. The van der Waals surface area contributed by atoms with Gasteiger partial charge in [-0.25, -0.2) is 13.2 Å². The van der Waals surface area contributed by atoms with Crippen LogP contribution >= 0.6 is 0 Å². The number of sulfonamides is 1. The molecule has 0 saturated carbocycles. The summed E-state index contributed by atoms with van der Waals surface area (Å²) in [7, 11) is -3.91. The first-order valence-electron chi connectivity index (χ1n) is 9.43. The second-order valence-corrected chi connectivity index (χ2v) is 9.08. The Balaban J connectivity index is 1.86. The van der Waals surface area contributed by atoms with Crippen LogP contribution < -0.4 is 9.62 Å². The molecule has 2 N–H and O–H groups in total. The summed E-state index contributed by atoms with van der Waals surface area (Å²) in [5.41, 5.74) is 1.24. The SMILES string of the molecule is CC(=O)c1ccc(S(=O)(=O)Nc2ccc(N3CCC(C)CC3)c(C(=O)O)c2)cc1. The van der Waals surface area contributed by atoms with Crippen molar-refractivity contribution in [3.63, 3.8) is 0 Å². The fourth-order valence-electron chi connectivity index (χ4n) is 3.38. The Kier molecular flexibility index (Phi) is 5.93. The van der Waals surface area contributed by atoms with E-state index in [1.807, 2.05) is 4.90 Å². The van der Waals surface area contributed by atoms with Crippen LogP contribution in [0.4, 0.5) is 11.4 Å². The molecule has 0 amide bonds. The molecule has 2 aromatic carbocycles. The molecule has 1 heterocycles. The molecule has 1 fully saturated rings.